The number of hydrogen-bond donors (Lipinski definition) is 3. The number of rotatable bonds is 64. The van der Waals surface area contributed by atoms with Crippen LogP contribution in [-0.4, -0.2) is 96.7 Å². The number of ether oxygens (including phenoxy) is 4. The lowest BCUT2D eigenvalue weighted by Crippen LogP contribution is -2.30. The standard InChI is InChI=1S/C68H128O17P2/c1-8-11-12-13-14-15-16-17-18-19-20-21-28-37-44-51-67(72)84-63(55-78-65(70)49-42-35-27-23-22-26-33-40-47-60(6)9-2)57-82-86(74,75)80-53-62(69)54-81-87(76,77)83-58-64(85-68(73)52-45-38-31-30-34-41-48-61(7)10-3)56-79-66(71)50-43-36-29-24-25-32-39-46-59(4)5/h15-18,59-64,69H,8-14,19-58H2,1-7H3,(H,74,75)(H,76,77)/b16-15-,18-17-/t60?,61?,62?,63-,64-/m1/s1. The Morgan fingerprint density at radius 3 is 1.02 bits per heavy atom. The Morgan fingerprint density at radius 2 is 0.678 bits per heavy atom. The van der Waals surface area contributed by atoms with Crippen molar-refractivity contribution in [2.75, 3.05) is 39.6 Å². The zero-order valence-electron chi connectivity index (χ0n) is 56.0. The molecule has 17 nitrogen and oxygen atoms in total. The summed E-state index contributed by atoms with van der Waals surface area (Å²) in [6.07, 6.45) is 44.0. The molecule has 0 saturated carbocycles. The van der Waals surface area contributed by atoms with Gasteiger partial charge in [-0.05, 0) is 69.1 Å². The Bertz CT molecular complexity index is 1810. The van der Waals surface area contributed by atoms with Gasteiger partial charge in [-0.15, -0.1) is 0 Å². The van der Waals surface area contributed by atoms with Crippen molar-refractivity contribution in [3.8, 4) is 0 Å². The molecular weight excluding hydrogens is 1150 g/mol. The molecule has 19 heteroatoms. The summed E-state index contributed by atoms with van der Waals surface area (Å²) in [5.41, 5.74) is 0. The van der Waals surface area contributed by atoms with Crippen LogP contribution in [0.15, 0.2) is 24.3 Å². The predicted octanol–water partition coefficient (Wildman–Crippen LogP) is 18.6. The van der Waals surface area contributed by atoms with Crippen molar-refractivity contribution < 1.29 is 80.2 Å². The maximum Gasteiger partial charge on any atom is 0.472 e. The highest BCUT2D eigenvalue weighted by molar-refractivity contribution is 7.47. The summed E-state index contributed by atoms with van der Waals surface area (Å²) < 4.78 is 68.1. The van der Waals surface area contributed by atoms with E-state index in [9.17, 15) is 43.2 Å². The second kappa shape index (κ2) is 58.6. The van der Waals surface area contributed by atoms with Gasteiger partial charge in [0.25, 0.3) is 0 Å². The van der Waals surface area contributed by atoms with Crippen LogP contribution < -0.4 is 0 Å². The Kier molecular flexibility index (Phi) is 57.0. The van der Waals surface area contributed by atoms with Gasteiger partial charge in [-0.2, -0.15) is 0 Å². The summed E-state index contributed by atoms with van der Waals surface area (Å²) in [6, 6.07) is 0. The van der Waals surface area contributed by atoms with Crippen LogP contribution in [0.1, 0.15) is 312 Å². The van der Waals surface area contributed by atoms with E-state index in [-0.39, 0.29) is 25.7 Å². The van der Waals surface area contributed by atoms with Crippen molar-refractivity contribution in [2.24, 2.45) is 17.8 Å². The molecule has 0 bridgehead atoms. The molecule has 0 heterocycles. The molecule has 7 atom stereocenters. The highest BCUT2D eigenvalue weighted by Crippen LogP contribution is 2.45. The van der Waals surface area contributed by atoms with Crippen molar-refractivity contribution in [2.45, 2.75) is 330 Å². The minimum absolute atomic E-state index is 0.0838. The van der Waals surface area contributed by atoms with E-state index in [0.717, 1.165) is 121 Å². The van der Waals surface area contributed by atoms with Crippen LogP contribution in [0.5, 0.6) is 0 Å². The van der Waals surface area contributed by atoms with E-state index in [1.54, 1.807) is 0 Å². The molecule has 0 saturated heterocycles. The first-order valence-electron chi connectivity index (χ1n) is 34.7. The lowest BCUT2D eigenvalue weighted by atomic mass is 9.99. The quantitative estimate of drug-likeness (QED) is 0.0169. The molecule has 87 heavy (non-hydrogen) atoms. The number of carbonyl (C=O) groups excluding carboxylic acids is 4. The molecule has 0 aliphatic carbocycles. The molecule has 3 N–H and O–H groups in total. The average molecular weight is 1280 g/mol. The SMILES string of the molecule is CCCCCC/C=C\C=C/CCCCCCCC(=O)O[C@H](COC(=O)CCCCCCCCCCC(C)CC)COP(=O)(O)OCC(O)COP(=O)(O)OC[C@@H](COC(=O)CCCCCCCCCC(C)C)OC(=O)CCCCCCCCC(C)CC. The van der Waals surface area contributed by atoms with Gasteiger partial charge >= 0.3 is 39.5 Å². The van der Waals surface area contributed by atoms with Crippen molar-refractivity contribution in [3.63, 3.8) is 0 Å². The van der Waals surface area contributed by atoms with Crippen molar-refractivity contribution >= 4 is 39.5 Å². The third-order valence-corrected chi connectivity index (χ3v) is 17.6. The first-order valence-corrected chi connectivity index (χ1v) is 37.7. The zero-order chi connectivity index (χ0) is 64.5. The van der Waals surface area contributed by atoms with Gasteiger partial charge in [-0.1, -0.05) is 259 Å². The Balaban J connectivity index is 5.30. The predicted molar refractivity (Wildman–Crippen MR) is 349 cm³/mol. The normalized spacial score (nSPS) is 15.1. The summed E-state index contributed by atoms with van der Waals surface area (Å²) in [4.78, 5) is 72.4. The van der Waals surface area contributed by atoms with Crippen LogP contribution in [0, 0.1) is 17.8 Å². The van der Waals surface area contributed by atoms with Crippen LogP contribution >= 0.6 is 15.6 Å². The second-order valence-electron chi connectivity index (χ2n) is 24.8. The smallest absolute Gasteiger partial charge is 0.462 e. The van der Waals surface area contributed by atoms with Crippen LogP contribution in [0.3, 0.4) is 0 Å². The fourth-order valence-electron chi connectivity index (χ4n) is 9.58. The minimum atomic E-state index is -4.96. The molecule has 0 aromatic heterocycles. The Hall–Kier alpha value is -2.46. The lowest BCUT2D eigenvalue weighted by Gasteiger charge is -2.21. The van der Waals surface area contributed by atoms with E-state index in [2.05, 4.69) is 72.8 Å². The summed E-state index contributed by atoms with van der Waals surface area (Å²) in [5, 5.41) is 10.6. The molecule has 0 aromatic rings. The van der Waals surface area contributed by atoms with Gasteiger partial charge in [-0.3, -0.25) is 37.3 Å². The monoisotopic (exact) mass is 1280 g/mol. The van der Waals surface area contributed by atoms with Crippen LogP contribution in [0.25, 0.3) is 0 Å². The fourth-order valence-corrected chi connectivity index (χ4v) is 11.2. The molecule has 0 aliphatic rings. The number of aliphatic hydroxyl groups is 1. The van der Waals surface area contributed by atoms with Crippen LogP contribution in [-0.2, 0) is 65.4 Å². The summed E-state index contributed by atoms with van der Waals surface area (Å²) >= 11 is 0. The molecule has 0 aromatic carbocycles. The maximum atomic E-state index is 13.0. The van der Waals surface area contributed by atoms with Crippen molar-refractivity contribution in [1.29, 1.82) is 0 Å². The Labute approximate surface area is 529 Å². The first-order chi connectivity index (χ1) is 41.8. The highest BCUT2D eigenvalue weighted by atomic mass is 31.2. The molecule has 0 rings (SSSR count). The van der Waals surface area contributed by atoms with Gasteiger partial charge in [0, 0.05) is 25.7 Å². The summed E-state index contributed by atoms with van der Waals surface area (Å²) in [6.45, 7) is 11.6. The molecule has 512 valence electrons. The lowest BCUT2D eigenvalue weighted by molar-refractivity contribution is -0.161. The number of esters is 4. The Morgan fingerprint density at radius 1 is 0.379 bits per heavy atom. The third-order valence-electron chi connectivity index (χ3n) is 15.7. The van der Waals surface area contributed by atoms with Gasteiger partial charge in [0.05, 0.1) is 26.4 Å². The number of aliphatic hydroxyl groups excluding tert-OH is 1. The third kappa shape index (κ3) is 59.6. The zero-order valence-corrected chi connectivity index (χ0v) is 57.7. The van der Waals surface area contributed by atoms with Gasteiger partial charge in [0.15, 0.2) is 12.2 Å². The topological polar surface area (TPSA) is 237 Å². The average Bonchev–Trinajstić information content (AvgIpc) is 3.52. The molecule has 0 spiro atoms. The highest BCUT2D eigenvalue weighted by Gasteiger charge is 2.30. The fraction of sp³-hybridized carbons (Fsp3) is 0.882. The largest absolute Gasteiger partial charge is 0.472 e. The molecule has 0 fully saturated rings. The van der Waals surface area contributed by atoms with Gasteiger partial charge in [-0.25, -0.2) is 9.13 Å². The number of carbonyl (C=O) groups is 4. The first kappa shape index (κ1) is 84.5. The number of unbranched alkanes of at least 4 members (excludes halogenated alkanes) is 27. The number of allylic oxidation sites excluding steroid dienone is 4. The van der Waals surface area contributed by atoms with E-state index in [4.69, 9.17) is 37.0 Å². The molecule has 0 amide bonds. The van der Waals surface area contributed by atoms with E-state index in [0.29, 0.717) is 31.6 Å². The van der Waals surface area contributed by atoms with Crippen molar-refractivity contribution in [3.05, 3.63) is 24.3 Å². The molecule has 0 aliphatic heterocycles. The second-order valence-corrected chi connectivity index (χ2v) is 27.7. The van der Waals surface area contributed by atoms with Crippen molar-refractivity contribution in [1.82, 2.24) is 0 Å². The molecule has 5 unspecified atom stereocenters. The molecular formula is C68H128O17P2. The maximum absolute atomic E-state index is 13.0. The minimum Gasteiger partial charge on any atom is -0.462 e. The van der Waals surface area contributed by atoms with E-state index in [1.165, 1.54) is 103 Å². The van der Waals surface area contributed by atoms with Gasteiger partial charge in [0.1, 0.15) is 19.3 Å². The summed E-state index contributed by atoms with van der Waals surface area (Å²) in [5.74, 6) is 0.0318. The van der Waals surface area contributed by atoms with Gasteiger partial charge < -0.3 is 33.8 Å². The van der Waals surface area contributed by atoms with E-state index in [1.807, 2.05) is 0 Å². The van der Waals surface area contributed by atoms with Crippen LogP contribution in [0.2, 0.25) is 0 Å². The van der Waals surface area contributed by atoms with E-state index < -0.39 is 97.5 Å². The van der Waals surface area contributed by atoms with Gasteiger partial charge in [0.2, 0.25) is 0 Å². The summed E-state index contributed by atoms with van der Waals surface area (Å²) in [7, 11) is -9.91. The number of phosphoric acid groups is 2. The number of hydrogen-bond acceptors (Lipinski definition) is 15. The number of phosphoric ester groups is 2. The molecule has 0 radical (unpaired) electrons. The van der Waals surface area contributed by atoms with E-state index >= 15 is 0 Å². The van der Waals surface area contributed by atoms with Crippen LogP contribution in [0.4, 0.5) is 0 Å².